The lowest BCUT2D eigenvalue weighted by Gasteiger charge is -2.36. The van der Waals surface area contributed by atoms with Crippen LogP contribution < -0.4 is 0 Å². The van der Waals surface area contributed by atoms with Crippen molar-refractivity contribution in [1.29, 1.82) is 0 Å². The third-order valence-corrected chi connectivity index (χ3v) is 5.85. The zero-order chi connectivity index (χ0) is 20.5. The minimum atomic E-state index is -0.0925. The molecule has 2 heterocycles. The summed E-state index contributed by atoms with van der Waals surface area (Å²) in [6.07, 6.45) is 7.56. The average molecular weight is 417 g/mol. The molecule has 3 rings (SSSR count). The maximum Gasteiger partial charge on any atom is 0.123 e. The molecule has 1 aliphatic rings. The van der Waals surface area contributed by atoms with E-state index in [1.165, 1.54) is 30.4 Å². The number of hydrogen-bond acceptors (Lipinski definition) is 3. The smallest absolute Gasteiger partial charge is 0.123 e. The van der Waals surface area contributed by atoms with Crippen molar-refractivity contribution in [3.63, 3.8) is 0 Å². The topological polar surface area (TPSA) is 36.4 Å². The third kappa shape index (κ3) is 5.52. The lowest BCUT2D eigenvalue weighted by atomic mass is 9.78. The molecule has 0 bridgehead atoms. The van der Waals surface area contributed by atoms with Crippen LogP contribution in [0.1, 0.15) is 89.1 Å². The number of nitrogens with zero attached hydrogens (tertiary/aromatic N) is 2. The first kappa shape index (κ1) is 23.7. The normalized spacial score (nSPS) is 18.3. The van der Waals surface area contributed by atoms with Crippen molar-refractivity contribution >= 4 is 12.4 Å². The second-order valence-electron chi connectivity index (χ2n) is 10.3. The number of aromatic nitrogens is 1. The quantitative estimate of drug-likeness (QED) is 0.617. The largest absolute Gasteiger partial charge is 0.507 e. The van der Waals surface area contributed by atoms with E-state index in [-0.39, 0.29) is 23.2 Å². The summed E-state index contributed by atoms with van der Waals surface area (Å²) in [4.78, 5) is 6.94. The Kier molecular flexibility index (Phi) is 7.40. The molecular weight excluding hydrogens is 380 g/mol. The predicted molar refractivity (Wildman–Crippen MR) is 124 cm³/mol. The molecule has 0 saturated carbocycles. The fourth-order valence-corrected chi connectivity index (χ4v) is 4.29. The summed E-state index contributed by atoms with van der Waals surface area (Å²) in [5.74, 6) is 0.464. The molecule has 1 aliphatic heterocycles. The lowest BCUT2D eigenvalue weighted by molar-refractivity contribution is 0.140. The van der Waals surface area contributed by atoms with Crippen LogP contribution >= 0.6 is 12.4 Å². The first-order valence-electron chi connectivity index (χ1n) is 10.6. The Morgan fingerprint density at radius 3 is 2.17 bits per heavy atom. The zero-order valence-electron chi connectivity index (χ0n) is 18.8. The Labute approximate surface area is 183 Å². The number of phenolic OH excluding ortho intramolecular Hbond substituents is 1. The van der Waals surface area contributed by atoms with Crippen LogP contribution in [0.25, 0.3) is 0 Å². The molecule has 0 amide bonds. The molecule has 1 saturated heterocycles. The second kappa shape index (κ2) is 9.06. The molecule has 0 aliphatic carbocycles. The van der Waals surface area contributed by atoms with Crippen LogP contribution in [-0.4, -0.2) is 21.5 Å². The maximum absolute atomic E-state index is 11.0. The molecule has 1 atom stereocenters. The Balaban J connectivity index is 0.00000300. The van der Waals surface area contributed by atoms with E-state index < -0.39 is 0 Å². The van der Waals surface area contributed by atoms with Gasteiger partial charge in [-0.05, 0) is 58.5 Å². The van der Waals surface area contributed by atoms with Crippen LogP contribution in [0.5, 0.6) is 5.75 Å². The number of hydrogen-bond donors (Lipinski definition) is 1. The van der Waals surface area contributed by atoms with Gasteiger partial charge in [-0.3, -0.25) is 9.88 Å². The summed E-state index contributed by atoms with van der Waals surface area (Å²) in [6, 6.07) is 9.11. The molecule has 3 nitrogen and oxygen atoms in total. The fourth-order valence-electron chi connectivity index (χ4n) is 4.29. The highest BCUT2D eigenvalue weighted by atomic mass is 35.5. The SMILES string of the molecule is CC(C)(C)c1cc(CN2CCCCC2c2cccnc2)cc(C(C)(C)C)c1O.Cl. The summed E-state index contributed by atoms with van der Waals surface area (Å²) < 4.78 is 0. The summed E-state index contributed by atoms with van der Waals surface area (Å²) in [7, 11) is 0. The standard InChI is InChI=1S/C25H36N2O.ClH/c1-24(2,3)20-14-18(15-21(23(20)28)25(4,5)6)17-27-13-8-7-11-22(27)19-10-9-12-26-16-19;/h9-10,12,14-16,22,28H,7-8,11,13,17H2,1-6H3;1H. The molecule has 2 aromatic rings. The van der Waals surface area contributed by atoms with Gasteiger partial charge in [0.2, 0.25) is 0 Å². The van der Waals surface area contributed by atoms with E-state index in [1.807, 2.05) is 18.5 Å². The van der Waals surface area contributed by atoms with E-state index in [1.54, 1.807) is 0 Å². The van der Waals surface area contributed by atoms with Gasteiger partial charge in [0.15, 0.2) is 0 Å². The minimum absolute atomic E-state index is 0. The number of halogens is 1. The monoisotopic (exact) mass is 416 g/mol. The first-order chi connectivity index (χ1) is 13.1. The van der Waals surface area contributed by atoms with Gasteiger partial charge in [0.25, 0.3) is 0 Å². The van der Waals surface area contributed by atoms with Gasteiger partial charge < -0.3 is 5.11 Å². The molecule has 1 unspecified atom stereocenters. The first-order valence-corrected chi connectivity index (χ1v) is 10.6. The number of benzene rings is 1. The Morgan fingerprint density at radius 1 is 1.03 bits per heavy atom. The highest BCUT2D eigenvalue weighted by Gasteiger charge is 2.29. The van der Waals surface area contributed by atoms with Crippen LogP contribution in [0.2, 0.25) is 0 Å². The van der Waals surface area contributed by atoms with E-state index in [0.29, 0.717) is 11.8 Å². The summed E-state index contributed by atoms with van der Waals surface area (Å²) in [5.41, 5.74) is 4.52. The number of phenols is 1. The Morgan fingerprint density at radius 2 is 1.66 bits per heavy atom. The third-order valence-electron chi connectivity index (χ3n) is 5.85. The summed E-state index contributed by atoms with van der Waals surface area (Å²) in [6.45, 7) is 15.1. The molecule has 1 aromatic heterocycles. The molecule has 4 heteroatoms. The number of aromatic hydroxyl groups is 1. The number of piperidine rings is 1. The Hall–Kier alpha value is -1.58. The Bertz CT molecular complexity index is 771. The molecule has 160 valence electrons. The number of rotatable bonds is 3. The van der Waals surface area contributed by atoms with E-state index in [9.17, 15) is 5.11 Å². The van der Waals surface area contributed by atoms with Crippen molar-refractivity contribution in [3.05, 3.63) is 58.9 Å². The molecule has 0 spiro atoms. The molecule has 1 fully saturated rings. The summed E-state index contributed by atoms with van der Waals surface area (Å²) in [5, 5.41) is 11.0. The van der Waals surface area contributed by atoms with Gasteiger partial charge in [-0.15, -0.1) is 12.4 Å². The minimum Gasteiger partial charge on any atom is -0.507 e. The van der Waals surface area contributed by atoms with Crippen molar-refractivity contribution in [2.75, 3.05) is 6.54 Å². The van der Waals surface area contributed by atoms with E-state index >= 15 is 0 Å². The molecule has 1 N–H and O–H groups in total. The highest BCUT2D eigenvalue weighted by molar-refractivity contribution is 5.85. The van der Waals surface area contributed by atoms with Gasteiger partial charge in [-0.2, -0.15) is 0 Å². The van der Waals surface area contributed by atoms with Gasteiger partial charge in [-0.25, -0.2) is 0 Å². The number of pyridine rings is 1. The van der Waals surface area contributed by atoms with E-state index in [2.05, 4.69) is 69.6 Å². The van der Waals surface area contributed by atoms with Crippen LogP contribution in [0, 0.1) is 0 Å². The van der Waals surface area contributed by atoms with Gasteiger partial charge >= 0.3 is 0 Å². The van der Waals surface area contributed by atoms with E-state index in [0.717, 1.165) is 24.2 Å². The van der Waals surface area contributed by atoms with Crippen molar-refractivity contribution in [3.8, 4) is 5.75 Å². The van der Waals surface area contributed by atoms with Crippen molar-refractivity contribution < 1.29 is 5.11 Å². The van der Waals surface area contributed by atoms with Crippen LogP contribution in [0.3, 0.4) is 0 Å². The predicted octanol–water partition coefficient (Wildman–Crippen LogP) is 6.53. The molecular formula is C25H37ClN2O. The van der Waals surface area contributed by atoms with Crippen molar-refractivity contribution in [2.45, 2.75) is 84.2 Å². The zero-order valence-corrected chi connectivity index (χ0v) is 19.6. The second-order valence-corrected chi connectivity index (χ2v) is 10.3. The number of likely N-dealkylation sites (tertiary alicyclic amines) is 1. The van der Waals surface area contributed by atoms with Crippen LogP contribution in [-0.2, 0) is 17.4 Å². The van der Waals surface area contributed by atoms with Gasteiger partial charge in [-0.1, -0.05) is 66.2 Å². The van der Waals surface area contributed by atoms with Crippen LogP contribution in [0.15, 0.2) is 36.7 Å². The van der Waals surface area contributed by atoms with Crippen molar-refractivity contribution in [2.24, 2.45) is 0 Å². The highest BCUT2D eigenvalue weighted by Crippen LogP contribution is 2.41. The van der Waals surface area contributed by atoms with Gasteiger partial charge in [0.1, 0.15) is 5.75 Å². The van der Waals surface area contributed by atoms with Gasteiger partial charge in [0.05, 0.1) is 0 Å². The van der Waals surface area contributed by atoms with Crippen molar-refractivity contribution in [1.82, 2.24) is 9.88 Å². The van der Waals surface area contributed by atoms with Gasteiger partial charge in [0, 0.05) is 25.0 Å². The fraction of sp³-hybridized carbons (Fsp3) is 0.560. The lowest BCUT2D eigenvalue weighted by Crippen LogP contribution is -2.33. The maximum atomic E-state index is 11.0. The average Bonchev–Trinajstić information content (AvgIpc) is 2.62. The molecule has 1 aromatic carbocycles. The summed E-state index contributed by atoms with van der Waals surface area (Å²) >= 11 is 0. The van der Waals surface area contributed by atoms with E-state index in [4.69, 9.17) is 0 Å². The van der Waals surface area contributed by atoms with Crippen LogP contribution in [0.4, 0.5) is 0 Å². The molecule has 0 radical (unpaired) electrons. The molecule has 29 heavy (non-hydrogen) atoms.